The molecular weight excluding hydrogens is 234 g/mol. The summed E-state index contributed by atoms with van der Waals surface area (Å²) in [5, 5.41) is 3.21. The number of ether oxygens (including phenoxy) is 1. The molecule has 0 aliphatic carbocycles. The monoisotopic (exact) mass is 245 g/mol. The first-order valence-corrected chi connectivity index (χ1v) is 5.93. The zero-order valence-corrected chi connectivity index (χ0v) is 10.1. The van der Waals surface area contributed by atoms with Crippen LogP contribution < -0.4 is 5.32 Å². The maximum Gasteiger partial charge on any atom is 0.327 e. The van der Waals surface area contributed by atoms with Gasteiger partial charge in [-0.05, 0) is 25.0 Å². The average molecular weight is 246 g/mol. The van der Waals surface area contributed by atoms with E-state index in [-0.39, 0.29) is 18.1 Å². The lowest BCUT2D eigenvalue weighted by Crippen LogP contribution is -2.40. The van der Waals surface area contributed by atoms with Crippen LogP contribution in [0.1, 0.15) is 23.4 Å². The average Bonchev–Trinajstić information content (AvgIpc) is 2.55. The molecule has 5 heteroatoms. The largest absolute Gasteiger partial charge is 0.468 e. The predicted molar refractivity (Wildman–Crippen MR) is 60.4 cm³/mol. The summed E-state index contributed by atoms with van der Waals surface area (Å²) in [7, 11) is 1.40. The first kappa shape index (κ1) is 10.9. The van der Waals surface area contributed by atoms with Gasteiger partial charge in [0.2, 0.25) is 0 Å². The Balaban J connectivity index is 2.37. The van der Waals surface area contributed by atoms with Gasteiger partial charge in [-0.1, -0.05) is 11.6 Å². The van der Waals surface area contributed by atoms with Crippen LogP contribution in [0, 0.1) is 0 Å². The number of methoxy groups -OCH3 is 1. The second kappa shape index (κ2) is 4.12. The number of rotatable bonds is 1. The van der Waals surface area contributed by atoms with E-state index in [2.05, 4.69) is 5.32 Å². The summed E-state index contributed by atoms with van der Waals surface area (Å²) in [6.45, 7) is 2.05. The maximum atomic E-state index is 11.6. The zero-order valence-electron chi connectivity index (χ0n) is 8.54. The molecule has 82 valence electrons. The first-order valence-electron chi connectivity index (χ1n) is 4.73. The van der Waals surface area contributed by atoms with Crippen molar-refractivity contribution >= 4 is 28.9 Å². The third-order valence-electron chi connectivity index (χ3n) is 2.50. The molecule has 0 fully saturated rings. The maximum absolute atomic E-state index is 11.6. The van der Waals surface area contributed by atoms with Crippen LogP contribution in [-0.2, 0) is 16.0 Å². The Morgan fingerprint density at radius 1 is 1.73 bits per heavy atom. The van der Waals surface area contributed by atoms with Gasteiger partial charge in [-0.2, -0.15) is 0 Å². The van der Waals surface area contributed by atoms with E-state index >= 15 is 0 Å². The SMILES string of the molecule is COC(=O)C1NC(C)Cc2sc(Cl)cc21. The fraction of sp³-hybridized carbons (Fsp3) is 0.500. The number of esters is 1. The number of carbonyl (C=O) groups excluding carboxylic acids is 1. The minimum Gasteiger partial charge on any atom is -0.468 e. The number of carbonyl (C=O) groups is 1. The number of thiophene rings is 1. The van der Waals surface area contributed by atoms with Crippen molar-refractivity contribution in [2.45, 2.75) is 25.4 Å². The molecule has 1 N–H and O–H groups in total. The van der Waals surface area contributed by atoms with Gasteiger partial charge >= 0.3 is 5.97 Å². The number of fused-ring (bicyclic) bond motifs is 1. The van der Waals surface area contributed by atoms with Crippen molar-refractivity contribution < 1.29 is 9.53 Å². The molecule has 2 atom stereocenters. The van der Waals surface area contributed by atoms with E-state index in [0.717, 1.165) is 16.3 Å². The molecule has 3 nitrogen and oxygen atoms in total. The third kappa shape index (κ3) is 2.02. The second-order valence-electron chi connectivity index (χ2n) is 3.66. The zero-order chi connectivity index (χ0) is 11.0. The Hall–Kier alpha value is -0.580. The summed E-state index contributed by atoms with van der Waals surface area (Å²) in [6, 6.07) is 1.76. The minimum atomic E-state index is -0.363. The quantitative estimate of drug-likeness (QED) is 0.771. The fourth-order valence-electron chi connectivity index (χ4n) is 1.84. The molecule has 0 radical (unpaired) electrons. The molecule has 0 saturated carbocycles. The topological polar surface area (TPSA) is 38.3 Å². The molecule has 0 spiro atoms. The van der Waals surface area contributed by atoms with Gasteiger partial charge in [-0.3, -0.25) is 5.32 Å². The van der Waals surface area contributed by atoms with Gasteiger partial charge in [-0.15, -0.1) is 11.3 Å². The summed E-state index contributed by atoms with van der Waals surface area (Å²) in [6.07, 6.45) is 0.917. The highest BCUT2D eigenvalue weighted by molar-refractivity contribution is 7.16. The van der Waals surface area contributed by atoms with Gasteiger partial charge in [0, 0.05) is 10.9 Å². The Kier molecular flexibility index (Phi) is 3.00. The van der Waals surface area contributed by atoms with Gasteiger partial charge in [0.25, 0.3) is 0 Å². The Labute approximate surface area is 97.4 Å². The molecule has 0 aromatic carbocycles. The molecule has 1 aromatic heterocycles. The van der Waals surface area contributed by atoms with Crippen molar-refractivity contribution in [3.05, 3.63) is 20.8 Å². The number of halogens is 1. The molecule has 0 amide bonds. The Morgan fingerprint density at radius 2 is 2.47 bits per heavy atom. The standard InChI is InChI=1S/C10H12ClNO2S/c1-5-3-7-6(4-8(11)15-7)9(12-5)10(13)14-2/h4-5,9,12H,3H2,1-2H3. The van der Waals surface area contributed by atoms with Crippen LogP contribution in [0.4, 0.5) is 0 Å². The lowest BCUT2D eigenvalue weighted by Gasteiger charge is -2.27. The summed E-state index contributed by atoms with van der Waals surface area (Å²) in [5.74, 6) is -0.253. The molecule has 1 aliphatic heterocycles. The number of hydrogen-bond donors (Lipinski definition) is 1. The van der Waals surface area contributed by atoms with Crippen molar-refractivity contribution in [1.29, 1.82) is 0 Å². The number of hydrogen-bond acceptors (Lipinski definition) is 4. The van der Waals surface area contributed by atoms with Crippen molar-refractivity contribution in [2.75, 3.05) is 7.11 Å². The van der Waals surface area contributed by atoms with E-state index in [4.69, 9.17) is 16.3 Å². The van der Waals surface area contributed by atoms with E-state index in [1.807, 2.05) is 13.0 Å². The summed E-state index contributed by atoms with van der Waals surface area (Å²) >= 11 is 7.49. The van der Waals surface area contributed by atoms with E-state index in [0.29, 0.717) is 0 Å². The van der Waals surface area contributed by atoms with E-state index < -0.39 is 0 Å². The second-order valence-corrected chi connectivity index (χ2v) is 5.43. The van der Waals surface area contributed by atoms with Crippen molar-refractivity contribution in [3.63, 3.8) is 0 Å². The molecule has 0 saturated heterocycles. The van der Waals surface area contributed by atoms with Gasteiger partial charge < -0.3 is 4.74 Å². The lowest BCUT2D eigenvalue weighted by molar-refractivity contribution is -0.143. The normalized spacial score (nSPS) is 24.7. The highest BCUT2D eigenvalue weighted by Crippen LogP contribution is 2.35. The molecule has 2 unspecified atom stereocenters. The lowest BCUT2D eigenvalue weighted by atomic mass is 9.98. The molecule has 15 heavy (non-hydrogen) atoms. The van der Waals surface area contributed by atoms with Crippen LogP contribution in [0.15, 0.2) is 6.07 Å². The van der Waals surface area contributed by atoms with Crippen molar-refractivity contribution in [2.24, 2.45) is 0 Å². The Morgan fingerprint density at radius 3 is 3.13 bits per heavy atom. The fourth-order valence-corrected chi connectivity index (χ4v) is 3.28. The molecule has 0 bridgehead atoms. The highest BCUT2D eigenvalue weighted by atomic mass is 35.5. The summed E-state index contributed by atoms with van der Waals surface area (Å²) < 4.78 is 5.49. The predicted octanol–water partition coefficient (Wildman–Crippen LogP) is 2.15. The van der Waals surface area contributed by atoms with E-state index in [9.17, 15) is 4.79 Å². The molecule has 2 rings (SSSR count). The van der Waals surface area contributed by atoms with Gasteiger partial charge in [0.05, 0.1) is 11.4 Å². The van der Waals surface area contributed by atoms with E-state index in [1.54, 1.807) is 11.3 Å². The smallest absolute Gasteiger partial charge is 0.327 e. The van der Waals surface area contributed by atoms with Crippen LogP contribution in [0.5, 0.6) is 0 Å². The molecule has 2 heterocycles. The summed E-state index contributed by atoms with van der Waals surface area (Å²) in [5.41, 5.74) is 0.968. The van der Waals surface area contributed by atoms with Crippen LogP contribution in [0.25, 0.3) is 0 Å². The molecule has 1 aromatic rings. The van der Waals surface area contributed by atoms with Gasteiger partial charge in [-0.25, -0.2) is 4.79 Å². The van der Waals surface area contributed by atoms with Crippen molar-refractivity contribution in [3.8, 4) is 0 Å². The van der Waals surface area contributed by atoms with Gasteiger partial charge in [0.1, 0.15) is 6.04 Å². The van der Waals surface area contributed by atoms with Crippen LogP contribution in [0.3, 0.4) is 0 Å². The van der Waals surface area contributed by atoms with E-state index in [1.165, 1.54) is 12.0 Å². The summed E-state index contributed by atoms with van der Waals surface area (Å²) in [4.78, 5) is 12.7. The van der Waals surface area contributed by atoms with Crippen LogP contribution >= 0.6 is 22.9 Å². The highest BCUT2D eigenvalue weighted by Gasteiger charge is 2.31. The molecule has 1 aliphatic rings. The first-order chi connectivity index (χ1) is 7.11. The third-order valence-corrected chi connectivity index (χ3v) is 3.80. The van der Waals surface area contributed by atoms with Crippen LogP contribution in [-0.4, -0.2) is 19.1 Å². The van der Waals surface area contributed by atoms with Crippen molar-refractivity contribution in [1.82, 2.24) is 5.32 Å². The van der Waals surface area contributed by atoms with Gasteiger partial charge in [0.15, 0.2) is 0 Å². The Bertz CT molecular complexity index is 391. The number of nitrogens with one attached hydrogen (secondary N) is 1. The van der Waals surface area contributed by atoms with Crippen LogP contribution in [0.2, 0.25) is 4.34 Å². The minimum absolute atomic E-state index is 0.253. The molecular formula is C10H12ClNO2S.